The van der Waals surface area contributed by atoms with Crippen LogP contribution in [0.1, 0.15) is 97.8 Å². The molecule has 0 aromatic heterocycles. The van der Waals surface area contributed by atoms with Gasteiger partial charge in [-0.15, -0.1) is 12.4 Å². The van der Waals surface area contributed by atoms with Gasteiger partial charge in [0.05, 0.1) is 0 Å². The lowest BCUT2D eigenvalue weighted by atomic mass is 9.96. The number of carbonyl (C=O) groups excluding carboxylic acids is 1. The minimum atomic E-state index is -0.387. The number of halogens is 1. The Kier molecular flexibility index (Phi) is 8.75. The second kappa shape index (κ2) is 11.2. The van der Waals surface area contributed by atoms with Gasteiger partial charge in [-0.05, 0) is 124 Å². The molecular formula is C27H49ClN4O2. The van der Waals surface area contributed by atoms with E-state index in [2.05, 4.69) is 20.0 Å². The van der Waals surface area contributed by atoms with Gasteiger partial charge in [0.2, 0.25) is 0 Å². The largest absolute Gasteiger partial charge is 0.444 e. The molecule has 4 bridgehead atoms. The van der Waals surface area contributed by atoms with Gasteiger partial charge in [0.25, 0.3) is 0 Å². The Balaban J connectivity index is 0.000000169. The van der Waals surface area contributed by atoms with Crippen LogP contribution < -0.4 is 5.32 Å². The Hall–Kier alpha value is -0.560. The molecule has 6 rings (SSSR count). The van der Waals surface area contributed by atoms with Crippen molar-refractivity contribution in [1.82, 2.24) is 20.0 Å². The molecule has 4 unspecified atom stereocenters. The maximum absolute atomic E-state index is 12.4. The summed E-state index contributed by atoms with van der Waals surface area (Å²) in [6.45, 7) is 11.1. The van der Waals surface area contributed by atoms with E-state index in [-0.39, 0.29) is 24.1 Å². The van der Waals surface area contributed by atoms with E-state index < -0.39 is 0 Å². The van der Waals surface area contributed by atoms with Crippen LogP contribution in [0.3, 0.4) is 0 Å². The maximum Gasteiger partial charge on any atom is 0.410 e. The van der Waals surface area contributed by atoms with Crippen LogP contribution in [0.2, 0.25) is 0 Å². The summed E-state index contributed by atoms with van der Waals surface area (Å²) in [5.74, 6) is 0. The van der Waals surface area contributed by atoms with E-state index in [1.54, 1.807) is 0 Å². The van der Waals surface area contributed by atoms with Crippen LogP contribution in [0.25, 0.3) is 0 Å². The number of carbonyl (C=O) groups is 1. The summed E-state index contributed by atoms with van der Waals surface area (Å²) >= 11 is 0. The number of hydrogen-bond acceptors (Lipinski definition) is 5. The van der Waals surface area contributed by atoms with Gasteiger partial charge in [0.1, 0.15) is 5.60 Å². The highest BCUT2D eigenvalue weighted by molar-refractivity contribution is 5.85. The van der Waals surface area contributed by atoms with Gasteiger partial charge < -0.3 is 24.8 Å². The number of rotatable bonds is 2. The van der Waals surface area contributed by atoms with E-state index in [4.69, 9.17) is 4.74 Å². The van der Waals surface area contributed by atoms with Gasteiger partial charge in [-0.1, -0.05) is 0 Å². The highest BCUT2D eigenvalue weighted by atomic mass is 35.5. The number of amides is 1. The summed E-state index contributed by atoms with van der Waals surface area (Å²) in [5.41, 5.74) is -0.387. The summed E-state index contributed by atoms with van der Waals surface area (Å²) < 4.78 is 5.59. The molecule has 6 aliphatic rings. The molecule has 0 aliphatic carbocycles. The number of nitrogens with zero attached hydrogens (tertiary/aromatic N) is 3. The zero-order valence-corrected chi connectivity index (χ0v) is 22.7. The monoisotopic (exact) mass is 496 g/mol. The van der Waals surface area contributed by atoms with Crippen LogP contribution in [-0.4, -0.2) is 88.8 Å². The van der Waals surface area contributed by atoms with Crippen molar-refractivity contribution in [2.75, 3.05) is 26.2 Å². The molecule has 6 nitrogen and oxygen atoms in total. The second-order valence-corrected chi connectivity index (χ2v) is 12.6. The Morgan fingerprint density at radius 2 is 1.15 bits per heavy atom. The second-order valence-electron chi connectivity index (χ2n) is 12.6. The van der Waals surface area contributed by atoms with E-state index in [1.807, 2.05) is 20.8 Å². The van der Waals surface area contributed by atoms with Crippen LogP contribution in [0.4, 0.5) is 4.79 Å². The third kappa shape index (κ3) is 6.22. The van der Waals surface area contributed by atoms with Crippen molar-refractivity contribution in [2.45, 2.75) is 140 Å². The van der Waals surface area contributed by atoms with Crippen molar-refractivity contribution >= 4 is 18.5 Å². The first kappa shape index (κ1) is 26.5. The van der Waals surface area contributed by atoms with E-state index in [0.717, 1.165) is 43.8 Å². The molecule has 196 valence electrons. The highest BCUT2D eigenvalue weighted by Crippen LogP contribution is 2.39. The lowest BCUT2D eigenvalue weighted by molar-refractivity contribution is -0.00234. The van der Waals surface area contributed by atoms with Crippen molar-refractivity contribution < 1.29 is 9.53 Å². The smallest absolute Gasteiger partial charge is 0.410 e. The summed E-state index contributed by atoms with van der Waals surface area (Å²) in [5, 5.41) is 3.72. The van der Waals surface area contributed by atoms with Crippen molar-refractivity contribution in [3.8, 4) is 0 Å². The number of hydrogen-bond donors (Lipinski definition) is 1. The molecule has 0 aromatic carbocycles. The number of likely N-dealkylation sites (tertiary alicyclic amines) is 2. The topological polar surface area (TPSA) is 48.1 Å². The molecule has 6 aliphatic heterocycles. The van der Waals surface area contributed by atoms with Crippen LogP contribution in [0.15, 0.2) is 0 Å². The first-order valence-electron chi connectivity index (χ1n) is 14.1. The molecule has 0 radical (unpaired) electrons. The Bertz CT molecular complexity index is 648. The van der Waals surface area contributed by atoms with Gasteiger partial charge in [-0.3, -0.25) is 0 Å². The summed E-state index contributed by atoms with van der Waals surface area (Å²) in [6, 6.07) is 4.19. The summed E-state index contributed by atoms with van der Waals surface area (Å²) in [6.07, 6.45) is 15.8. The first-order chi connectivity index (χ1) is 15.9. The van der Waals surface area contributed by atoms with Crippen molar-refractivity contribution in [3.05, 3.63) is 0 Å². The Morgan fingerprint density at radius 3 is 1.59 bits per heavy atom. The highest BCUT2D eigenvalue weighted by Gasteiger charge is 2.46. The molecule has 34 heavy (non-hydrogen) atoms. The quantitative estimate of drug-likeness (QED) is 0.595. The number of piperidine rings is 2. The predicted octanol–water partition coefficient (Wildman–Crippen LogP) is 4.80. The number of ether oxygens (including phenoxy) is 1. The molecule has 7 heteroatoms. The third-order valence-corrected chi connectivity index (χ3v) is 9.07. The van der Waals surface area contributed by atoms with E-state index >= 15 is 0 Å². The fourth-order valence-electron chi connectivity index (χ4n) is 7.60. The van der Waals surface area contributed by atoms with Crippen LogP contribution in [0, 0.1) is 0 Å². The maximum atomic E-state index is 12.4. The predicted molar refractivity (Wildman–Crippen MR) is 140 cm³/mol. The summed E-state index contributed by atoms with van der Waals surface area (Å²) in [7, 11) is 0. The van der Waals surface area contributed by atoms with Crippen molar-refractivity contribution in [2.24, 2.45) is 0 Å². The normalized spacial score (nSPS) is 37.8. The first-order valence-corrected chi connectivity index (χ1v) is 14.1. The van der Waals surface area contributed by atoms with E-state index in [1.165, 1.54) is 77.5 Å². The average molecular weight is 497 g/mol. The third-order valence-electron chi connectivity index (χ3n) is 9.07. The fourth-order valence-corrected chi connectivity index (χ4v) is 7.60. The zero-order chi connectivity index (χ0) is 23.0. The molecule has 0 spiro atoms. The van der Waals surface area contributed by atoms with Crippen LogP contribution >= 0.6 is 12.4 Å². The standard InChI is InChI=1S/C16H28N2O2.C11H20N2.ClH/c1-16(2,3)20-15(19)18-12-6-7-13(18)11-14(10-12)17-8-4-5-9-17;1-2-6-13(5-1)11-7-9-3-4-10(8-11)12-9;/h12-14H,4-11H2,1-3H3;9-12H,1-8H2;1H. The summed E-state index contributed by atoms with van der Waals surface area (Å²) in [4.78, 5) is 19.8. The van der Waals surface area contributed by atoms with E-state index in [0.29, 0.717) is 18.1 Å². The lowest BCUT2D eigenvalue weighted by Gasteiger charge is -2.42. The number of nitrogens with one attached hydrogen (secondary N) is 1. The minimum Gasteiger partial charge on any atom is -0.444 e. The van der Waals surface area contributed by atoms with Crippen LogP contribution in [-0.2, 0) is 4.74 Å². The minimum absolute atomic E-state index is 0. The molecule has 6 heterocycles. The molecule has 0 aromatic rings. The van der Waals surface area contributed by atoms with Gasteiger partial charge in [-0.25, -0.2) is 4.79 Å². The van der Waals surface area contributed by atoms with Gasteiger partial charge in [0, 0.05) is 36.3 Å². The molecule has 6 saturated heterocycles. The Morgan fingerprint density at radius 1 is 0.706 bits per heavy atom. The molecule has 6 fully saturated rings. The molecular weight excluding hydrogens is 448 g/mol. The lowest BCUT2D eigenvalue weighted by Crippen LogP contribution is -2.53. The number of fused-ring (bicyclic) bond motifs is 4. The molecule has 1 N–H and O–H groups in total. The SMILES string of the molecule is C1CCN(C2CC3CCC(C2)N3)C1.CC(C)(C)OC(=O)N1C2CCC1CC(N1CCCC1)C2.Cl. The fraction of sp³-hybridized carbons (Fsp3) is 0.963. The van der Waals surface area contributed by atoms with Crippen molar-refractivity contribution in [1.29, 1.82) is 0 Å². The zero-order valence-electron chi connectivity index (χ0n) is 21.8. The Labute approximate surface area is 213 Å². The van der Waals surface area contributed by atoms with Crippen LogP contribution in [0.5, 0.6) is 0 Å². The van der Waals surface area contributed by atoms with E-state index in [9.17, 15) is 4.79 Å². The van der Waals surface area contributed by atoms with Gasteiger partial charge in [-0.2, -0.15) is 0 Å². The molecule has 0 saturated carbocycles. The van der Waals surface area contributed by atoms with Gasteiger partial charge in [0.15, 0.2) is 0 Å². The molecule has 4 atom stereocenters. The molecule has 1 amide bonds. The average Bonchev–Trinajstić information content (AvgIpc) is 3.55. The van der Waals surface area contributed by atoms with Gasteiger partial charge >= 0.3 is 6.09 Å². The van der Waals surface area contributed by atoms with Crippen molar-refractivity contribution in [3.63, 3.8) is 0 Å².